The molecule has 3 atom stereocenters. The van der Waals surface area contributed by atoms with Gasteiger partial charge in [0.1, 0.15) is 0 Å². The smallest absolute Gasteiger partial charge is 0.0765 e. The maximum Gasteiger partial charge on any atom is 0.0765 e. The molecular formula is C18H29N3O2. The van der Waals surface area contributed by atoms with Gasteiger partial charge >= 0.3 is 0 Å². The number of ether oxygens (including phenoxy) is 1. The molecule has 1 aromatic heterocycles. The molecule has 0 amide bonds. The molecule has 1 saturated carbocycles. The lowest BCUT2D eigenvalue weighted by atomic mass is 9.89. The summed E-state index contributed by atoms with van der Waals surface area (Å²) in [4.78, 5) is 2.52. The predicted molar refractivity (Wildman–Crippen MR) is 88.1 cm³/mol. The Balaban J connectivity index is 1.41. The lowest BCUT2D eigenvalue weighted by molar-refractivity contribution is -0.0637. The number of hydrogen-bond acceptors (Lipinski definition) is 4. The van der Waals surface area contributed by atoms with Gasteiger partial charge in [0.2, 0.25) is 0 Å². The fourth-order valence-electron chi connectivity index (χ4n) is 4.69. The number of hydrogen-bond donors (Lipinski definition) is 1. The SMILES string of the molecule is O[C@@H]1CCOC[C@@H]1[C@H]1CCCN1Cc1ccn(C2CCCC2)n1. The zero-order chi connectivity index (χ0) is 15.6. The Hall–Kier alpha value is -0.910. The molecule has 2 aliphatic heterocycles. The van der Waals surface area contributed by atoms with Crippen molar-refractivity contribution >= 4 is 0 Å². The molecule has 3 heterocycles. The topological polar surface area (TPSA) is 50.5 Å². The summed E-state index contributed by atoms with van der Waals surface area (Å²) in [5, 5.41) is 15.2. The Morgan fingerprint density at radius 3 is 2.87 bits per heavy atom. The zero-order valence-electron chi connectivity index (χ0n) is 13.9. The molecule has 5 heteroatoms. The van der Waals surface area contributed by atoms with E-state index in [1.54, 1.807) is 0 Å². The van der Waals surface area contributed by atoms with Crippen molar-refractivity contribution in [3.05, 3.63) is 18.0 Å². The molecule has 5 nitrogen and oxygen atoms in total. The van der Waals surface area contributed by atoms with Crippen LogP contribution >= 0.6 is 0 Å². The van der Waals surface area contributed by atoms with Crippen LogP contribution in [0.15, 0.2) is 12.3 Å². The van der Waals surface area contributed by atoms with E-state index in [-0.39, 0.29) is 12.0 Å². The van der Waals surface area contributed by atoms with Gasteiger partial charge in [0.05, 0.1) is 24.4 Å². The maximum atomic E-state index is 10.3. The minimum atomic E-state index is -0.203. The third kappa shape index (κ3) is 3.32. The summed E-state index contributed by atoms with van der Waals surface area (Å²) >= 11 is 0. The summed E-state index contributed by atoms with van der Waals surface area (Å²) in [6, 6.07) is 3.25. The van der Waals surface area contributed by atoms with Gasteiger partial charge < -0.3 is 9.84 Å². The molecular weight excluding hydrogens is 290 g/mol. The van der Waals surface area contributed by atoms with Gasteiger partial charge in [-0.1, -0.05) is 12.8 Å². The Kier molecular flexibility index (Phi) is 4.69. The summed E-state index contributed by atoms with van der Waals surface area (Å²) in [5.74, 6) is 0.267. The number of nitrogens with zero attached hydrogens (tertiary/aromatic N) is 3. The standard InChI is InChI=1S/C18H29N3O2/c22-18-8-11-23-13-16(18)17-6-3-9-20(17)12-14-7-10-21(19-14)15-4-1-2-5-15/h7,10,15-18,22H,1-6,8-9,11-13H2/t16-,17-,18-/m1/s1. The van der Waals surface area contributed by atoms with Crippen LogP contribution < -0.4 is 0 Å². The Morgan fingerprint density at radius 1 is 1.17 bits per heavy atom. The molecule has 23 heavy (non-hydrogen) atoms. The van der Waals surface area contributed by atoms with Crippen molar-refractivity contribution in [2.45, 2.75) is 69.7 Å². The number of aromatic nitrogens is 2. The Bertz CT molecular complexity index is 512. The molecule has 128 valence electrons. The molecule has 1 N–H and O–H groups in total. The summed E-state index contributed by atoms with van der Waals surface area (Å²) in [5.41, 5.74) is 1.18. The zero-order valence-corrected chi connectivity index (χ0v) is 13.9. The second-order valence-corrected chi connectivity index (χ2v) is 7.50. The molecule has 4 rings (SSSR count). The van der Waals surface area contributed by atoms with Gasteiger partial charge in [-0.2, -0.15) is 5.10 Å². The van der Waals surface area contributed by atoms with Gasteiger partial charge in [-0.25, -0.2) is 0 Å². The van der Waals surface area contributed by atoms with E-state index in [9.17, 15) is 5.11 Å². The van der Waals surface area contributed by atoms with Crippen molar-refractivity contribution in [2.75, 3.05) is 19.8 Å². The number of aliphatic hydroxyl groups excluding tert-OH is 1. The summed E-state index contributed by atoms with van der Waals surface area (Å²) in [7, 11) is 0. The molecule has 0 unspecified atom stereocenters. The fraction of sp³-hybridized carbons (Fsp3) is 0.833. The minimum Gasteiger partial charge on any atom is -0.393 e. The summed E-state index contributed by atoms with van der Waals surface area (Å²) in [6.45, 7) is 3.44. The first-order valence-corrected chi connectivity index (χ1v) is 9.35. The number of aliphatic hydroxyl groups is 1. The Morgan fingerprint density at radius 2 is 2.04 bits per heavy atom. The number of likely N-dealkylation sites (tertiary alicyclic amines) is 1. The van der Waals surface area contributed by atoms with E-state index in [0.717, 1.165) is 19.5 Å². The third-order valence-corrected chi connectivity index (χ3v) is 6.00. The molecule has 3 fully saturated rings. The van der Waals surface area contributed by atoms with E-state index in [0.29, 0.717) is 25.3 Å². The average molecular weight is 319 g/mol. The van der Waals surface area contributed by atoms with Crippen LogP contribution in [0.4, 0.5) is 0 Å². The van der Waals surface area contributed by atoms with Gasteiger partial charge in [-0.15, -0.1) is 0 Å². The summed E-state index contributed by atoms with van der Waals surface area (Å²) in [6.07, 6.45) is 10.4. The van der Waals surface area contributed by atoms with Crippen molar-refractivity contribution in [2.24, 2.45) is 5.92 Å². The van der Waals surface area contributed by atoms with Gasteiger partial charge in [0, 0.05) is 31.3 Å². The second-order valence-electron chi connectivity index (χ2n) is 7.50. The fourth-order valence-corrected chi connectivity index (χ4v) is 4.69. The summed E-state index contributed by atoms with van der Waals surface area (Å²) < 4.78 is 7.82. The highest BCUT2D eigenvalue weighted by Gasteiger charge is 2.37. The van der Waals surface area contributed by atoms with Crippen LogP contribution in [0.1, 0.15) is 56.7 Å². The van der Waals surface area contributed by atoms with Crippen LogP contribution in [0.2, 0.25) is 0 Å². The van der Waals surface area contributed by atoms with E-state index in [2.05, 4.69) is 21.8 Å². The predicted octanol–water partition coefficient (Wildman–Crippen LogP) is 2.36. The molecule has 0 radical (unpaired) electrons. The normalized spacial score (nSPS) is 33.5. The first-order chi connectivity index (χ1) is 11.3. The third-order valence-electron chi connectivity index (χ3n) is 6.00. The molecule has 1 aromatic rings. The second kappa shape index (κ2) is 6.91. The van der Waals surface area contributed by atoms with Crippen LogP contribution in [-0.2, 0) is 11.3 Å². The van der Waals surface area contributed by atoms with E-state index in [1.165, 1.54) is 44.2 Å². The highest BCUT2D eigenvalue weighted by Crippen LogP contribution is 2.32. The quantitative estimate of drug-likeness (QED) is 0.925. The van der Waals surface area contributed by atoms with Gasteiger partial charge in [-0.3, -0.25) is 9.58 Å². The monoisotopic (exact) mass is 319 g/mol. The van der Waals surface area contributed by atoms with E-state index in [1.807, 2.05) is 0 Å². The molecule has 0 bridgehead atoms. The van der Waals surface area contributed by atoms with Crippen LogP contribution in [-0.4, -0.2) is 51.7 Å². The van der Waals surface area contributed by atoms with Crippen LogP contribution in [0.3, 0.4) is 0 Å². The van der Waals surface area contributed by atoms with E-state index in [4.69, 9.17) is 9.84 Å². The highest BCUT2D eigenvalue weighted by atomic mass is 16.5. The van der Waals surface area contributed by atoms with Crippen LogP contribution in [0.25, 0.3) is 0 Å². The highest BCUT2D eigenvalue weighted by molar-refractivity contribution is 5.02. The van der Waals surface area contributed by atoms with E-state index < -0.39 is 0 Å². The molecule has 0 aromatic carbocycles. The van der Waals surface area contributed by atoms with Gasteiger partial charge in [0.25, 0.3) is 0 Å². The molecule has 0 spiro atoms. The largest absolute Gasteiger partial charge is 0.393 e. The minimum absolute atomic E-state index is 0.203. The molecule has 2 saturated heterocycles. The van der Waals surface area contributed by atoms with Crippen LogP contribution in [0, 0.1) is 5.92 Å². The van der Waals surface area contributed by atoms with Crippen molar-refractivity contribution in [3.8, 4) is 0 Å². The molecule has 1 aliphatic carbocycles. The number of rotatable bonds is 4. The van der Waals surface area contributed by atoms with Gasteiger partial charge in [0.15, 0.2) is 0 Å². The van der Waals surface area contributed by atoms with E-state index >= 15 is 0 Å². The lowest BCUT2D eigenvalue weighted by Crippen LogP contribution is -2.45. The van der Waals surface area contributed by atoms with Gasteiger partial charge in [-0.05, 0) is 44.7 Å². The van der Waals surface area contributed by atoms with Crippen molar-refractivity contribution in [1.82, 2.24) is 14.7 Å². The van der Waals surface area contributed by atoms with Crippen molar-refractivity contribution in [3.63, 3.8) is 0 Å². The Labute approximate surface area is 138 Å². The first kappa shape index (κ1) is 15.6. The van der Waals surface area contributed by atoms with Crippen LogP contribution in [0.5, 0.6) is 0 Å². The first-order valence-electron chi connectivity index (χ1n) is 9.35. The average Bonchev–Trinajstić information content (AvgIpc) is 3.29. The van der Waals surface area contributed by atoms with Crippen molar-refractivity contribution in [1.29, 1.82) is 0 Å². The van der Waals surface area contributed by atoms with Crippen molar-refractivity contribution < 1.29 is 9.84 Å². The molecule has 3 aliphatic rings. The lowest BCUT2D eigenvalue weighted by Gasteiger charge is -2.36. The maximum absolute atomic E-state index is 10.3.